The summed E-state index contributed by atoms with van der Waals surface area (Å²) in [6.07, 6.45) is -2.91. The molecule has 0 heterocycles. The number of esters is 1. The third-order valence-electron chi connectivity index (χ3n) is 2.10. The lowest BCUT2D eigenvalue weighted by atomic mass is 10.0. The molecule has 94 valence electrons. The number of ketones is 1. The largest absolute Gasteiger partial charge is 0.460 e. The Morgan fingerprint density at radius 1 is 1.33 bits per heavy atom. The van der Waals surface area contributed by atoms with Crippen molar-refractivity contribution in [3.05, 3.63) is 35.4 Å². The first-order valence-electron chi connectivity index (χ1n) is 5.35. The van der Waals surface area contributed by atoms with E-state index in [-0.39, 0.29) is 11.1 Å². The molecule has 0 aliphatic carbocycles. The van der Waals surface area contributed by atoms with Crippen LogP contribution in [0.4, 0.5) is 4.39 Å². The molecule has 0 spiro atoms. The molecule has 4 nitrogen and oxygen atoms in total. The van der Waals surface area contributed by atoms with Crippen molar-refractivity contribution in [2.75, 3.05) is 0 Å². The molecular weight excluding hydrogens is 237 g/mol. The van der Waals surface area contributed by atoms with E-state index in [1.165, 1.54) is 18.2 Å². The molecule has 0 saturated carbocycles. The fourth-order valence-electron chi connectivity index (χ4n) is 1.33. The smallest absolute Gasteiger partial charge is 0.349 e. The fourth-order valence-corrected chi connectivity index (χ4v) is 1.33. The zero-order valence-corrected chi connectivity index (χ0v) is 10.0. The first-order chi connectivity index (χ1) is 8.47. The molecule has 1 aromatic rings. The molecule has 0 fully saturated rings. The molecule has 0 aliphatic rings. The van der Waals surface area contributed by atoms with Crippen molar-refractivity contribution in [3.8, 4) is 6.07 Å². The van der Waals surface area contributed by atoms with Gasteiger partial charge >= 0.3 is 5.97 Å². The van der Waals surface area contributed by atoms with Gasteiger partial charge in [-0.25, -0.2) is 9.18 Å². The molecule has 0 amide bonds. The standard InChI is InChI=1S/C13H12FNO3/c1-8(2)18-13(17)11(14)12(16)10-6-4-3-5-9(10)7-15/h3-6,8,11H,1-2H3. The van der Waals surface area contributed by atoms with Gasteiger partial charge in [0.1, 0.15) is 0 Å². The number of alkyl halides is 1. The summed E-state index contributed by atoms with van der Waals surface area (Å²) in [6.45, 7) is 3.11. The summed E-state index contributed by atoms with van der Waals surface area (Å²) in [6, 6.07) is 7.50. The number of nitriles is 1. The Balaban J connectivity index is 2.94. The van der Waals surface area contributed by atoms with E-state index >= 15 is 0 Å². The first kappa shape index (κ1) is 13.8. The quantitative estimate of drug-likeness (QED) is 0.465. The van der Waals surface area contributed by atoms with Crippen LogP contribution in [0, 0.1) is 11.3 Å². The maximum atomic E-state index is 13.6. The lowest BCUT2D eigenvalue weighted by Crippen LogP contribution is -2.30. The Morgan fingerprint density at radius 2 is 1.94 bits per heavy atom. The van der Waals surface area contributed by atoms with Gasteiger partial charge in [-0.2, -0.15) is 5.26 Å². The van der Waals surface area contributed by atoms with Crippen molar-refractivity contribution in [1.82, 2.24) is 0 Å². The van der Waals surface area contributed by atoms with Gasteiger partial charge in [-0.3, -0.25) is 4.79 Å². The highest BCUT2D eigenvalue weighted by Gasteiger charge is 2.30. The average molecular weight is 249 g/mol. The van der Waals surface area contributed by atoms with Gasteiger partial charge in [-0.1, -0.05) is 12.1 Å². The second-order valence-corrected chi connectivity index (χ2v) is 3.87. The van der Waals surface area contributed by atoms with Crippen molar-refractivity contribution in [2.45, 2.75) is 26.1 Å². The van der Waals surface area contributed by atoms with Crippen LogP contribution in [0.5, 0.6) is 0 Å². The Kier molecular flexibility index (Phi) is 4.55. The van der Waals surface area contributed by atoms with E-state index in [0.717, 1.165) is 0 Å². The number of benzene rings is 1. The summed E-state index contributed by atoms with van der Waals surface area (Å²) in [7, 11) is 0. The summed E-state index contributed by atoms with van der Waals surface area (Å²) < 4.78 is 18.2. The molecule has 1 unspecified atom stereocenters. The minimum absolute atomic E-state index is 0.0301. The van der Waals surface area contributed by atoms with E-state index < -0.39 is 24.0 Å². The monoisotopic (exact) mass is 249 g/mol. The molecule has 1 aromatic carbocycles. The average Bonchev–Trinajstić information content (AvgIpc) is 2.36. The highest BCUT2D eigenvalue weighted by Crippen LogP contribution is 2.13. The van der Waals surface area contributed by atoms with Crippen molar-refractivity contribution in [3.63, 3.8) is 0 Å². The maximum Gasteiger partial charge on any atom is 0.349 e. The molecule has 0 N–H and O–H groups in total. The Hall–Kier alpha value is -2.22. The molecule has 18 heavy (non-hydrogen) atoms. The van der Waals surface area contributed by atoms with Gasteiger partial charge in [0.05, 0.1) is 17.7 Å². The summed E-state index contributed by atoms with van der Waals surface area (Å²) in [5.74, 6) is -2.29. The molecule has 0 saturated heterocycles. The number of Topliss-reactive ketones (excluding diaryl/α,β-unsaturated/α-hetero) is 1. The summed E-state index contributed by atoms with van der Waals surface area (Å²) >= 11 is 0. The van der Waals surface area contributed by atoms with E-state index in [9.17, 15) is 14.0 Å². The van der Waals surface area contributed by atoms with E-state index in [1.54, 1.807) is 26.0 Å². The lowest BCUT2D eigenvalue weighted by Gasteiger charge is -2.11. The van der Waals surface area contributed by atoms with E-state index in [4.69, 9.17) is 5.26 Å². The van der Waals surface area contributed by atoms with Crippen LogP contribution < -0.4 is 0 Å². The number of nitrogens with zero attached hydrogens (tertiary/aromatic N) is 1. The van der Waals surface area contributed by atoms with Gasteiger partial charge in [-0.15, -0.1) is 0 Å². The lowest BCUT2D eigenvalue weighted by molar-refractivity contribution is -0.151. The van der Waals surface area contributed by atoms with Crippen LogP contribution in [0.1, 0.15) is 29.8 Å². The Morgan fingerprint density at radius 3 is 2.50 bits per heavy atom. The second-order valence-electron chi connectivity index (χ2n) is 3.87. The maximum absolute atomic E-state index is 13.6. The molecule has 0 aliphatic heterocycles. The molecule has 0 radical (unpaired) electrons. The Bertz CT molecular complexity index is 505. The van der Waals surface area contributed by atoms with Crippen LogP contribution in [0.15, 0.2) is 24.3 Å². The van der Waals surface area contributed by atoms with Gasteiger partial charge in [0.2, 0.25) is 5.78 Å². The highest BCUT2D eigenvalue weighted by molar-refractivity contribution is 6.12. The van der Waals surface area contributed by atoms with Crippen molar-refractivity contribution >= 4 is 11.8 Å². The number of halogens is 1. The van der Waals surface area contributed by atoms with E-state index in [0.29, 0.717) is 0 Å². The minimum Gasteiger partial charge on any atom is -0.460 e. The van der Waals surface area contributed by atoms with Gasteiger partial charge in [-0.05, 0) is 26.0 Å². The zero-order chi connectivity index (χ0) is 13.7. The number of carbonyl (C=O) groups is 2. The molecule has 5 heteroatoms. The van der Waals surface area contributed by atoms with Crippen LogP contribution in [-0.2, 0) is 9.53 Å². The van der Waals surface area contributed by atoms with Crippen LogP contribution in [0.3, 0.4) is 0 Å². The summed E-state index contributed by atoms with van der Waals surface area (Å²) in [4.78, 5) is 23.0. The third kappa shape index (κ3) is 3.14. The second kappa shape index (κ2) is 5.92. The van der Waals surface area contributed by atoms with Gasteiger partial charge in [0, 0.05) is 5.56 Å². The first-order valence-corrected chi connectivity index (χ1v) is 5.35. The molecule has 0 aromatic heterocycles. The zero-order valence-electron chi connectivity index (χ0n) is 10.0. The van der Waals surface area contributed by atoms with Crippen molar-refractivity contribution in [1.29, 1.82) is 5.26 Å². The van der Waals surface area contributed by atoms with Crippen molar-refractivity contribution in [2.24, 2.45) is 0 Å². The predicted octanol–water partition coefficient (Wildman–Crippen LogP) is 2.03. The highest BCUT2D eigenvalue weighted by atomic mass is 19.1. The van der Waals surface area contributed by atoms with Crippen molar-refractivity contribution < 1.29 is 18.7 Å². The number of rotatable bonds is 4. The summed E-state index contributed by atoms with van der Waals surface area (Å²) in [5.41, 5.74) is -0.0873. The third-order valence-corrected chi connectivity index (χ3v) is 2.10. The number of hydrogen-bond acceptors (Lipinski definition) is 4. The minimum atomic E-state index is -2.40. The predicted molar refractivity (Wildman–Crippen MR) is 61.6 cm³/mol. The number of carbonyl (C=O) groups excluding carboxylic acids is 2. The molecule has 0 bridgehead atoms. The van der Waals surface area contributed by atoms with E-state index in [2.05, 4.69) is 4.74 Å². The van der Waals surface area contributed by atoms with Gasteiger partial charge in [0.15, 0.2) is 0 Å². The van der Waals surface area contributed by atoms with Crippen LogP contribution in [0.2, 0.25) is 0 Å². The molecule has 1 atom stereocenters. The SMILES string of the molecule is CC(C)OC(=O)C(F)C(=O)c1ccccc1C#N. The fraction of sp³-hybridized carbons (Fsp3) is 0.308. The molecule has 1 rings (SSSR count). The molecular formula is C13H12FNO3. The number of hydrogen-bond donors (Lipinski definition) is 0. The normalized spacial score (nSPS) is 11.7. The summed E-state index contributed by atoms with van der Waals surface area (Å²) in [5, 5.41) is 8.79. The number of ether oxygens (including phenoxy) is 1. The van der Waals surface area contributed by atoms with Crippen LogP contribution >= 0.6 is 0 Å². The van der Waals surface area contributed by atoms with Crippen LogP contribution in [-0.4, -0.2) is 24.0 Å². The van der Waals surface area contributed by atoms with Gasteiger partial charge in [0.25, 0.3) is 6.17 Å². The van der Waals surface area contributed by atoms with Crippen LogP contribution in [0.25, 0.3) is 0 Å². The topological polar surface area (TPSA) is 67.2 Å². The van der Waals surface area contributed by atoms with Gasteiger partial charge < -0.3 is 4.74 Å². The Labute approximate surface area is 104 Å². The van der Waals surface area contributed by atoms with E-state index in [1.807, 2.05) is 0 Å².